The van der Waals surface area contributed by atoms with E-state index in [1.165, 1.54) is 12.8 Å². The van der Waals surface area contributed by atoms with E-state index in [1.54, 1.807) is 6.92 Å². The molecule has 0 amide bonds. The first-order valence-corrected chi connectivity index (χ1v) is 5.96. The maximum absolute atomic E-state index is 11.6. The topological polar surface area (TPSA) is 26.3 Å². The molecule has 0 saturated heterocycles. The molecule has 0 radical (unpaired) electrons. The van der Waals surface area contributed by atoms with Crippen molar-refractivity contribution in [1.29, 1.82) is 0 Å². The summed E-state index contributed by atoms with van der Waals surface area (Å²) in [5, 5.41) is 0. The maximum Gasteiger partial charge on any atom is 0.333 e. The lowest BCUT2D eigenvalue weighted by Crippen LogP contribution is -2.37. The first-order chi connectivity index (χ1) is 7.07. The number of fused-ring (bicyclic) bond motifs is 2. The molecule has 2 rings (SSSR count). The van der Waals surface area contributed by atoms with Crippen LogP contribution in [-0.4, -0.2) is 11.6 Å². The average molecular weight is 208 g/mol. The molecule has 0 aromatic heterocycles. The summed E-state index contributed by atoms with van der Waals surface area (Å²) in [6, 6.07) is 0. The second-order valence-corrected chi connectivity index (χ2v) is 5.18. The van der Waals surface area contributed by atoms with Gasteiger partial charge in [-0.05, 0) is 50.9 Å². The smallest absolute Gasteiger partial charge is 0.333 e. The molecule has 3 atom stereocenters. The summed E-state index contributed by atoms with van der Waals surface area (Å²) in [6.07, 6.45) is 5.76. The van der Waals surface area contributed by atoms with E-state index in [1.807, 2.05) is 0 Å². The zero-order chi connectivity index (χ0) is 11.1. The summed E-state index contributed by atoms with van der Waals surface area (Å²) in [5.41, 5.74) is 0.393. The largest absolute Gasteiger partial charge is 0.455 e. The van der Waals surface area contributed by atoms with Gasteiger partial charge in [0, 0.05) is 5.57 Å². The number of hydrogen-bond donors (Lipinski definition) is 0. The summed E-state index contributed by atoms with van der Waals surface area (Å²) in [5.74, 6) is 1.18. The number of hydrogen-bond acceptors (Lipinski definition) is 2. The van der Waals surface area contributed by atoms with Crippen LogP contribution in [0.2, 0.25) is 0 Å². The van der Waals surface area contributed by atoms with Crippen molar-refractivity contribution in [3.8, 4) is 0 Å². The van der Waals surface area contributed by atoms with E-state index in [-0.39, 0.29) is 11.6 Å². The van der Waals surface area contributed by atoms with Gasteiger partial charge in [0.25, 0.3) is 0 Å². The Labute approximate surface area is 91.7 Å². The van der Waals surface area contributed by atoms with Gasteiger partial charge in [0.15, 0.2) is 0 Å². The Bertz CT molecular complexity index is 295. The van der Waals surface area contributed by atoms with Gasteiger partial charge < -0.3 is 4.74 Å². The third-order valence-corrected chi connectivity index (χ3v) is 4.11. The summed E-state index contributed by atoms with van der Waals surface area (Å²) < 4.78 is 5.72. The molecule has 0 aliphatic heterocycles. The Balaban J connectivity index is 2.11. The number of rotatable bonds is 3. The fourth-order valence-electron chi connectivity index (χ4n) is 3.32. The fourth-order valence-corrected chi connectivity index (χ4v) is 3.32. The van der Waals surface area contributed by atoms with Gasteiger partial charge in [0.2, 0.25) is 0 Å². The van der Waals surface area contributed by atoms with E-state index in [2.05, 4.69) is 13.5 Å². The van der Waals surface area contributed by atoms with Crippen LogP contribution in [0.15, 0.2) is 12.2 Å². The van der Waals surface area contributed by atoms with E-state index >= 15 is 0 Å². The molecule has 2 saturated carbocycles. The Morgan fingerprint density at radius 1 is 1.60 bits per heavy atom. The molecule has 0 N–H and O–H groups in total. The van der Waals surface area contributed by atoms with E-state index in [4.69, 9.17) is 4.74 Å². The average Bonchev–Trinajstić information content (AvgIpc) is 2.73. The zero-order valence-corrected chi connectivity index (χ0v) is 9.71. The van der Waals surface area contributed by atoms with Crippen LogP contribution in [0.4, 0.5) is 0 Å². The third kappa shape index (κ3) is 1.70. The molecule has 2 aliphatic rings. The molecule has 0 aromatic rings. The summed E-state index contributed by atoms with van der Waals surface area (Å²) in [7, 11) is 0. The molecule has 2 heteroatoms. The summed E-state index contributed by atoms with van der Waals surface area (Å²) >= 11 is 0. The Morgan fingerprint density at radius 3 is 2.87 bits per heavy atom. The first-order valence-electron chi connectivity index (χ1n) is 5.96. The van der Waals surface area contributed by atoms with Gasteiger partial charge in [-0.1, -0.05) is 13.5 Å². The van der Waals surface area contributed by atoms with E-state index in [0.717, 1.165) is 25.2 Å². The Hall–Kier alpha value is -0.790. The van der Waals surface area contributed by atoms with Crippen molar-refractivity contribution in [3.05, 3.63) is 12.2 Å². The van der Waals surface area contributed by atoms with E-state index < -0.39 is 0 Å². The normalized spacial score (nSPS) is 38.0. The molecule has 0 spiro atoms. The SMILES string of the molecule is C=C(C)C(=O)OC12CCC(CC1CC)C2. The lowest BCUT2D eigenvalue weighted by Gasteiger charge is -2.34. The van der Waals surface area contributed by atoms with Gasteiger partial charge in [-0.2, -0.15) is 0 Å². The predicted molar refractivity (Wildman–Crippen MR) is 59.4 cm³/mol. The van der Waals surface area contributed by atoms with Gasteiger partial charge in [-0.15, -0.1) is 0 Å². The number of esters is 1. The fraction of sp³-hybridized carbons (Fsp3) is 0.769. The summed E-state index contributed by atoms with van der Waals surface area (Å²) in [4.78, 5) is 11.6. The Kier molecular flexibility index (Phi) is 2.61. The maximum atomic E-state index is 11.6. The molecule has 15 heavy (non-hydrogen) atoms. The lowest BCUT2D eigenvalue weighted by molar-refractivity contribution is -0.158. The highest BCUT2D eigenvalue weighted by atomic mass is 16.6. The van der Waals surface area contributed by atoms with Crippen molar-refractivity contribution in [2.24, 2.45) is 11.8 Å². The standard InChI is InChI=1S/C13H20O2/c1-4-11-7-10-5-6-13(11,8-10)15-12(14)9(2)3/h10-11H,2,4-8H2,1,3H3. The van der Waals surface area contributed by atoms with Gasteiger partial charge in [-0.25, -0.2) is 4.79 Å². The van der Waals surface area contributed by atoms with Crippen LogP contribution in [-0.2, 0) is 9.53 Å². The first kappa shape index (κ1) is 10.7. The molecule has 2 aliphatic carbocycles. The van der Waals surface area contributed by atoms with Crippen LogP contribution >= 0.6 is 0 Å². The number of ether oxygens (including phenoxy) is 1. The minimum atomic E-state index is -0.198. The van der Waals surface area contributed by atoms with Crippen molar-refractivity contribution in [2.75, 3.05) is 0 Å². The molecule has 84 valence electrons. The highest BCUT2D eigenvalue weighted by Gasteiger charge is 2.53. The monoisotopic (exact) mass is 208 g/mol. The van der Waals surface area contributed by atoms with E-state index in [9.17, 15) is 4.79 Å². The Morgan fingerprint density at radius 2 is 2.33 bits per heavy atom. The molecular weight excluding hydrogens is 188 g/mol. The lowest BCUT2D eigenvalue weighted by atomic mass is 9.83. The second kappa shape index (κ2) is 3.66. The highest BCUT2D eigenvalue weighted by Crippen LogP contribution is 2.54. The van der Waals surface area contributed by atoms with Crippen molar-refractivity contribution in [3.63, 3.8) is 0 Å². The summed E-state index contributed by atoms with van der Waals surface area (Å²) in [6.45, 7) is 7.57. The van der Waals surface area contributed by atoms with E-state index in [0.29, 0.717) is 11.5 Å². The number of carbonyl (C=O) groups is 1. The second-order valence-electron chi connectivity index (χ2n) is 5.18. The van der Waals surface area contributed by atoms with Crippen LogP contribution in [0, 0.1) is 11.8 Å². The highest BCUT2D eigenvalue weighted by molar-refractivity contribution is 5.87. The molecule has 0 aromatic carbocycles. The van der Waals surface area contributed by atoms with Crippen LogP contribution in [0.1, 0.15) is 46.0 Å². The van der Waals surface area contributed by atoms with Crippen molar-refractivity contribution < 1.29 is 9.53 Å². The molecular formula is C13H20O2. The van der Waals surface area contributed by atoms with Crippen LogP contribution in [0.5, 0.6) is 0 Å². The van der Waals surface area contributed by atoms with Gasteiger partial charge >= 0.3 is 5.97 Å². The zero-order valence-electron chi connectivity index (χ0n) is 9.71. The third-order valence-electron chi connectivity index (χ3n) is 4.11. The van der Waals surface area contributed by atoms with Gasteiger partial charge in [-0.3, -0.25) is 0 Å². The molecule has 2 fully saturated rings. The van der Waals surface area contributed by atoms with Gasteiger partial charge in [0.05, 0.1) is 0 Å². The molecule has 0 heterocycles. The van der Waals surface area contributed by atoms with Crippen LogP contribution in [0.3, 0.4) is 0 Å². The number of carbonyl (C=O) groups excluding carboxylic acids is 1. The van der Waals surface area contributed by atoms with Crippen LogP contribution in [0.25, 0.3) is 0 Å². The minimum Gasteiger partial charge on any atom is -0.455 e. The molecule has 2 nitrogen and oxygen atoms in total. The van der Waals surface area contributed by atoms with Crippen molar-refractivity contribution >= 4 is 5.97 Å². The van der Waals surface area contributed by atoms with Crippen molar-refractivity contribution in [1.82, 2.24) is 0 Å². The molecule has 2 bridgehead atoms. The predicted octanol–water partition coefficient (Wildman–Crippen LogP) is 3.07. The van der Waals surface area contributed by atoms with Gasteiger partial charge in [0.1, 0.15) is 5.60 Å². The quantitative estimate of drug-likeness (QED) is 0.526. The molecule has 3 unspecified atom stereocenters. The van der Waals surface area contributed by atoms with Crippen LogP contribution < -0.4 is 0 Å². The van der Waals surface area contributed by atoms with Crippen molar-refractivity contribution in [2.45, 2.75) is 51.6 Å². The minimum absolute atomic E-state index is 0.130.